The highest BCUT2D eigenvalue weighted by Crippen LogP contribution is 2.37. The van der Waals surface area contributed by atoms with Crippen LogP contribution in [0.2, 0.25) is 0 Å². The zero-order chi connectivity index (χ0) is 11.9. The minimum absolute atomic E-state index is 0.167. The molecule has 1 N–H and O–H groups in total. The van der Waals surface area contributed by atoms with E-state index in [0.717, 1.165) is 6.07 Å². The van der Waals surface area contributed by atoms with Crippen molar-refractivity contribution in [1.29, 1.82) is 0 Å². The van der Waals surface area contributed by atoms with E-state index >= 15 is 0 Å². The molecule has 2 aromatic rings. The van der Waals surface area contributed by atoms with Crippen LogP contribution in [-0.4, -0.2) is 16.3 Å². The second-order valence-corrected chi connectivity index (χ2v) is 3.64. The van der Waals surface area contributed by atoms with Crippen molar-refractivity contribution in [2.75, 3.05) is 0 Å². The minimum atomic E-state index is -4.95. The molecule has 0 atom stereocenters. The van der Waals surface area contributed by atoms with Crippen LogP contribution in [0.25, 0.3) is 11.0 Å². The van der Waals surface area contributed by atoms with Crippen molar-refractivity contribution in [1.82, 2.24) is 9.97 Å². The molecule has 0 aliphatic rings. The zero-order valence-corrected chi connectivity index (χ0v) is 8.99. The normalized spacial score (nSPS) is 12.1. The van der Waals surface area contributed by atoms with E-state index in [2.05, 4.69) is 30.6 Å². The fraction of sp³-hybridized carbons (Fsp3) is 0.125. The van der Waals surface area contributed by atoms with E-state index in [9.17, 15) is 17.6 Å². The third-order valence-electron chi connectivity index (χ3n) is 1.78. The Morgan fingerprint density at radius 2 is 2.06 bits per heavy atom. The molecule has 0 aliphatic carbocycles. The molecule has 0 saturated heterocycles. The number of nitrogens with one attached hydrogen (secondary N) is 1. The summed E-state index contributed by atoms with van der Waals surface area (Å²) in [5.41, 5.74) is 0.444. The smallest absolute Gasteiger partial charge is 0.401 e. The van der Waals surface area contributed by atoms with E-state index in [-0.39, 0.29) is 15.5 Å². The summed E-state index contributed by atoms with van der Waals surface area (Å²) >= 11 is 2.82. The molecule has 16 heavy (non-hydrogen) atoms. The number of aromatic amines is 1. The number of aromatic nitrogens is 2. The lowest BCUT2D eigenvalue weighted by Gasteiger charge is -2.11. The van der Waals surface area contributed by atoms with Gasteiger partial charge in [0.25, 0.3) is 0 Å². The van der Waals surface area contributed by atoms with Crippen molar-refractivity contribution < 1.29 is 22.3 Å². The largest absolute Gasteiger partial charge is 0.573 e. The van der Waals surface area contributed by atoms with Gasteiger partial charge in [-0.25, -0.2) is 9.37 Å². The van der Waals surface area contributed by atoms with Gasteiger partial charge in [0.05, 0.1) is 16.3 Å². The molecule has 8 heteroatoms. The van der Waals surface area contributed by atoms with Crippen molar-refractivity contribution in [2.24, 2.45) is 0 Å². The standard InChI is InChI=1S/C8H3BrF4N2O/c9-5-6-4(14-2-15-6)1-3(10)7(5)16-8(11,12)13/h1-2H,(H,14,15). The second kappa shape index (κ2) is 3.62. The predicted molar refractivity (Wildman–Crippen MR) is 50.4 cm³/mol. The fourth-order valence-corrected chi connectivity index (χ4v) is 1.79. The third kappa shape index (κ3) is 1.97. The van der Waals surface area contributed by atoms with Crippen LogP contribution in [0.1, 0.15) is 0 Å². The van der Waals surface area contributed by atoms with Gasteiger partial charge in [-0.2, -0.15) is 0 Å². The number of rotatable bonds is 1. The summed E-state index contributed by atoms with van der Waals surface area (Å²) < 4.78 is 52.6. The summed E-state index contributed by atoms with van der Waals surface area (Å²) in [6, 6.07) is 0.883. The van der Waals surface area contributed by atoms with E-state index < -0.39 is 17.9 Å². The van der Waals surface area contributed by atoms with Crippen LogP contribution in [-0.2, 0) is 0 Å². The van der Waals surface area contributed by atoms with Crippen LogP contribution >= 0.6 is 15.9 Å². The number of nitrogens with zero attached hydrogens (tertiary/aromatic N) is 1. The molecule has 0 spiro atoms. The molecule has 0 radical (unpaired) electrons. The minimum Gasteiger partial charge on any atom is -0.401 e. The summed E-state index contributed by atoms with van der Waals surface area (Å²) in [6.45, 7) is 0. The van der Waals surface area contributed by atoms with Gasteiger partial charge in [0, 0.05) is 6.07 Å². The lowest BCUT2D eigenvalue weighted by atomic mass is 10.3. The average molecular weight is 299 g/mol. The summed E-state index contributed by atoms with van der Waals surface area (Å²) in [6.07, 6.45) is -3.71. The van der Waals surface area contributed by atoms with Gasteiger partial charge in [-0.05, 0) is 15.9 Å². The lowest BCUT2D eigenvalue weighted by molar-refractivity contribution is -0.275. The topological polar surface area (TPSA) is 37.9 Å². The Hall–Kier alpha value is -1.31. The first-order valence-corrected chi connectivity index (χ1v) is 4.74. The van der Waals surface area contributed by atoms with Crippen molar-refractivity contribution >= 4 is 27.0 Å². The van der Waals surface area contributed by atoms with Gasteiger partial charge in [0.2, 0.25) is 0 Å². The zero-order valence-electron chi connectivity index (χ0n) is 7.40. The Bertz CT molecular complexity index is 537. The van der Waals surface area contributed by atoms with Crippen molar-refractivity contribution in [3.8, 4) is 5.75 Å². The predicted octanol–water partition coefficient (Wildman–Crippen LogP) is 3.36. The highest BCUT2D eigenvalue weighted by atomic mass is 79.9. The maximum atomic E-state index is 13.3. The number of H-pyrrole nitrogens is 1. The molecule has 0 unspecified atom stereocenters. The molecule has 1 heterocycles. The molecule has 0 fully saturated rings. The van der Waals surface area contributed by atoms with Gasteiger partial charge >= 0.3 is 6.36 Å². The van der Waals surface area contributed by atoms with Gasteiger partial charge < -0.3 is 9.72 Å². The van der Waals surface area contributed by atoms with Crippen molar-refractivity contribution in [2.45, 2.75) is 6.36 Å². The molecular weight excluding hydrogens is 296 g/mol. The number of alkyl halides is 3. The van der Waals surface area contributed by atoms with Crippen molar-refractivity contribution in [3.63, 3.8) is 0 Å². The third-order valence-corrected chi connectivity index (χ3v) is 2.52. The maximum Gasteiger partial charge on any atom is 0.573 e. The molecular formula is C8H3BrF4N2O. The molecule has 2 rings (SSSR count). The molecule has 0 bridgehead atoms. The molecule has 0 saturated carbocycles. The number of halogens is 5. The van der Waals surface area contributed by atoms with Gasteiger partial charge in [-0.15, -0.1) is 13.2 Å². The molecule has 3 nitrogen and oxygen atoms in total. The first-order chi connectivity index (χ1) is 7.38. The Balaban J connectivity index is 2.59. The first kappa shape index (κ1) is 11.2. The Kier molecular flexibility index (Phi) is 2.53. The van der Waals surface area contributed by atoms with Crippen LogP contribution < -0.4 is 4.74 Å². The number of hydrogen-bond acceptors (Lipinski definition) is 2. The summed E-state index contributed by atoms with van der Waals surface area (Å²) in [5, 5.41) is 0. The summed E-state index contributed by atoms with van der Waals surface area (Å²) in [7, 11) is 0. The first-order valence-electron chi connectivity index (χ1n) is 3.95. The SMILES string of the molecule is Fc1cc2[nH]cnc2c(Br)c1OC(F)(F)F. The molecule has 86 valence electrons. The second-order valence-electron chi connectivity index (χ2n) is 2.85. The number of imidazole rings is 1. The van der Waals surface area contributed by atoms with Crippen LogP contribution in [0, 0.1) is 5.82 Å². The highest BCUT2D eigenvalue weighted by molar-refractivity contribution is 9.10. The van der Waals surface area contributed by atoms with Crippen LogP contribution in [0.4, 0.5) is 17.6 Å². The molecule has 1 aromatic carbocycles. The maximum absolute atomic E-state index is 13.3. The Labute approximate surface area is 94.6 Å². The molecule has 0 amide bonds. The molecule has 1 aromatic heterocycles. The quantitative estimate of drug-likeness (QED) is 0.820. The van der Waals surface area contributed by atoms with Crippen LogP contribution in [0.3, 0.4) is 0 Å². The van der Waals surface area contributed by atoms with E-state index in [0.29, 0.717) is 0 Å². The highest BCUT2D eigenvalue weighted by Gasteiger charge is 2.34. The Morgan fingerprint density at radius 1 is 1.38 bits per heavy atom. The van der Waals surface area contributed by atoms with Crippen molar-refractivity contribution in [3.05, 3.63) is 22.7 Å². The summed E-state index contributed by atoms with van der Waals surface area (Å²) in [5.74, 6) is -2.05. The lowest BCUT2D eigenvalue weighted by Crippen LogP contribution is -2.18. The molecule has 0 aliphatic heterocycles. The van der Waals surface area contributed by atoms with Gasteiger partial charge in [-0.1, -0.05) is 0 Å². The van der Waals surface area contributed by atoms with Crippen LogP contribution in [0.5, 0.6) is 5.75 Å². The number of fused-ring (bicyclic) bond motifs is 1. The number of benzene rings is 1. The van der Waals surface area contributed by atoms with E-state index in [1.54, 1.807) is 0 Å². The van der Waals surface area contributed by atoms with E-state index in [1.807, 2.05) is 0 Å². The van der Waals surface area contributed by atoms with Gasteiger partial charge in [0.1, 0.15) is 5.52 Å². The number of hydrogen-bond donors (Lipinski definition) is 1. The van der Waals surface area contributed by atoms with Gasteiger partial charge in [-0.3, -0.25) is 0 Å². The van der Waals surface area contributed by atoms with E-state index in [1.165, 1.54) is 6.33 Å². The number of ether oxygens (including phenoxy) is 1. The average Bonchev–Trinajstić information content (AvgIpc) is 2.58. The summed E-state index contributed by atoms with van der Waals surface area (Å²) in [4.78, 5) is 6.31. The van der Waals surface area contributed by atoms with Crippen LogP contribution in [0.15, 0.2) is 16.9 Å². The van der Waals surface area contributed by atoms with Gasteiger partial charge in [0.15, 0.2) is 11.6 Å². The Morgan fingerprint density at radius 3 is 2.69 bits per heavy atom. The fourth-order valence-electron chi connectivity index (χ4n) is 1.20. The van der Waals surface area contributed by atoms with E-state index in [4.69, 9.17) is 0 Å². The monoisotopic (exact) mass is 298 g/mol.